The maximum Gasteiger partial charge on any atom is 0.272 e. The Kier molecular flexibility index (Phi) is 6.23. The second-order valence-corrected chi connectivity index (χ2v) is 7.90. The normalized spacial score (nSPS) is 16.8. The molecule has 0 spiro atoms. The highest BCUT2D eigenvalue weighted by molar-refractivity contribution is 5.97. The molecule has 1 atom stereocenters. The van der Waals surface area contributed by atoms with Gasteiger partial charge in [0.1, 0.15) is 11.9 Å². The summed E-state index contributed by atoms with van der Waals surface area (Å²) >= 11 is 0. The van der Waals surface area contributed by atoms with E-state index in [2.05, 4.69) is 25.1 Å². The van der Waals surface area contributed by atoms with E-state index in [1.807, 2.05) is 46.9 Å². The van der Waals surface area contributed by atoms with Crippen LogP contribution >= 0.6 is 0 Å². The maximum absolute atomic E-state index is 13.0. The van der Waals surface area contributed by atoms with Gasteiger partial charge in [-0.05, 0) is 38.4 Å². The van der Waals surface area contributed by atoms with Gasteiger partial charge in [-0.2, -0.15) is 0 Å². The largest absolute Gasteiger partial charge is 0.357 e. The van der Waals surface area contributed by atoms with Gasteiger partial charge in [-0.25, -0.2) is 4.98 Å². The number of fused-ring (bicyclic) bond motifs is 1. The molecule has 0 aromatic carbocycles. The lowest BCUT2D eigenvalue weighted by Gasteiger charge is -2.29. The van der Waals surface area contributed by atoms with Crippen LogP contribution in [0.15, 0.2) is 6.08 Å². The summed E-state index contributed by atoms with van der Waals surface area (Å²) in [6, 6.07) is -0.633. The van der Waals surface area contributed by atoms with Crippen molar-refractivity contribution in [3.63, 3.8) is 0 Å². The number of carbonyl (C=O) groups excluding carboxylic acids is 2. The van der Waals surface area contributed by atoms with E-state index in [0.717, 1.165) is 31.0 Å². The van der Waals surface area contributed by atoms with Gasteiger partial charge in [-0.3, -0.25) is 9.59 Å². The highest BCUT2D eigenvalue weighted by atomic mass is 16.2. The van der Waals surface area contributed by atoms with Crippen LogP contribution in [-0.4, -0.2) is 52.9 Å². The van der Waals surface area contributed by atoms with Gasteiger partial charge in [0, 0.05) is 20.1 Å². The minimum Gasteiger partial charge on any atom is -0.357 e. The minimum absolute atomic E-state index is 0.207. The van der Waals surface area contributed by atoms with Crippen molar-refractivity contribution in [3.05, 3.63) is 23.3 Å². The van der Waals surface area contributed by atoms with Crippen molar-refractivity contribution < 1.29 is 9.59 Å². The summed E-state index contributed by atoms with van der Waals surface area (Å²) in [5.74, 6) is 0.278. The van der Waals surface area contributed by atoms with Gasteiger partial charge >= 0.3 is 0 Å². The van der Waals surface area contributed by atoms with E-state index in [4.69, 9.17) is 0 Å². The van der Waals surface area contributed by atoms with E-state index >= 15 is 0 Å². The number of hydrogen-bond donors (Lipinski definition) is 2. The first-order valence-electron chi connectivity index (χ1n) is 9.12. The van der Waals surface area contributed by atoms with Gasteiger partial charge < -0.3 is 20.1 Å². The lowest BCUT2D eigenvalue weighted by Crippen LogP contribution is -2.53. The second kappa shape index (κ2) is 8.03. The third kappa shape index (κ3) is 4.33. The third-order valence-corrected chi connectivity index (χ3v) is 4.62. The second-order valence-electron chi connectivity index (χ2n) is 7.90. The fourth-order valence-electron chi connectivity index (χ4n) is 3.23. The van der Waals surface area contributed by atoms with E-state index in [1.54, 1.807) is 7.05 Å². The summed E-state index contributed by atoms with van der Waals surface area (Å²) in [4.78, 5) is 32.1. The van der Waals surface area contributed by atoms with Crippen LogP contribution in [0.3, 0.4) is 0 Å². The average Bonchev–Trinajstić information content (AvgIpc) is 2.76. The molecule has 0 saturated carbocycles. The third-order valence-electron chi connectivity index (χ3n) is 4.62. The van der Waals surface area contributed by atoms with Crippen molar-refractivity contribution in [1.82, 2.24) is 25.1 Å². The van der Waals surface area contributed by atoms with Crippen LogP contribution < -0.4 is 10.6 Å². The van der Waals surface area contributed by atoms with Crippen molar-refractivity contribution in [2.75, 3.05) is 20.6 Å². The van der Waals surface area contributed by atoms with E-state index in [9.17, 15) is 9.59 Å². The van der Waals surface area contributed by atoms with Gasteiger partial charge in [0.25, 0.3) is 5.91 Å². The van der Waals surface area contributed by atoms with Gasteiger partial charge in [-0.1, -0.05) is 26.8 Å². The van der Waals surface area contributed by atoms with E-state index in [0.29, 0.717) is 12.2 Å². The highest BCUT2D eigenvalue weighted by Crippen LogP contribution is 2.22. The summed E-state index contributed by atoms with van der Waals surface area (Å²) in [5, 5.41) is 5.53. The number of imidazole rings is 1. The molecule has 1 aliphatic heterocycles. The number of rotatable bonds is 4. The number of likely N-dealkylation sites (N-methyl/N-ethyl adjacent to an activating group) is 1. The topological polar surface area (TPSA) is 79.3 Å². The van der Waals surface area contributed by atoms with Gasteiger partial charge in [0.15, 0.2) is 5.69 Å². The number of nitrogens with zero attached hydrogens (tertiary/aromatic N) is 3. The smallest absolute Gasteiger partial charge is 0.272 e. The predicted octanol–water partition coefficient (Wildman–Crippen LogP) is 1.64. The maximum atomic E-state index is 13.0. The Labute approximate surface area is 155 Å². The molecule has 1 aliphatic rings. The van der Waals surface area contributed by atoms with Gasteiger partial charge in [-0.15, -0.1) is 0 Å². The van der Waals surface area contributed by atoms with Crippen molar-refractivity contribution in [2.24, 2.45) is 5.41 Å². The Bertz CT molecular complexity index is 700. The van der Waals surface area contributed by atoms with Gasteiger partial charge in [0.05, 0.1) is 5.69 Å². The summed E-state index contributed by atoms with van der Waals surface area (Å²) in [5.41, 5.74) is 0.903. The molecule has 7 nitrogen and oxygen atoms in total. The molecule has 2 amide bonds. The molecule has 26 heavy (non-hydrogen) atoms. The van der Waals surface area contributed by atoms with E-state index < -0.39 is 11.5 Å². The van der Waals surface area contributed by atoms with Crippen molar-refractivity contribution in [2.45, 2.75) is 53.2 Å². The van der Waals surface area contributed by atoms with Crippen LogP contribution in [0.5, 0.6) is 0 Å². The molecule has 2 heterocycles. The predicted molar refractivity (Wildman–Crippen MR) is 103 cm³/mol. The van der Waals surface area contributed by atoms with Crippen LogP contribution in [0, 0.1) is 5.41 Å². The van der Waals surface area contributed by atoms with E-state index in [-0.39, 0.29) is 11.8 Å². The molecule has 0 aliphatic carbocycles. The lowest BCUT2D eigenvalue weighted by molar-refractivity contribution is -0.124. The first kappa shape index (κ1) is 20.2. The molecule has 0 radical (unpaired) electrons. The van der Waals surface area contributed by atoms with Crippen molar-refractivity contribution >= 4 is 17.9 Å². The molecule has 7 heteroatoms. The fourth-order valence-corrected chi connectivity index (χ4v) is 3.23. The van der Waals surface area contributed by atoms with E-state index in [1.165, 1.54) is 0 Å². The Morgan fingerprint density at radius 2 is 1.96 bits per heavy atom. The average molecular weight is 361 g/mol. The molecule has 0 unspecified atom stereocenters. The summed E-state index contributed by atoms with van der Waals surface area (Å²) in [6.07, 6.45) is 4.86. The lowest BCUT2D eigenvalue weighted by atomic mass is 9.86. The Morgan fingerprint density at radius 3 is 2.54 bits per heavy atom. The minimum atomic E-state index is -0.633. The van der Waals surface area contributed by atoms with Gasteiger partial charge in [0.2, 0.25) is 5.91 Å². The first-order valence-corrected chi connectivity index (χ1v) is 9.12. The molecule has 0 fully saturated rings. The molecule has 1 aromatic rings. The molecule has 0 bridgehead atoms. The van der Waals surface area contributed by atoms with Crippen LogP contribution in [0.4, 0.5) is 0 Å². The Morgan fingerprint density at radius 1 is 1.27 bits per heavy atom. The fraction of sp³-hybridized carbons (Fsp3) is 0.632. The van der Waals surface area contributed by atoms with Crippen LogP contribution in [-0.2, 0) is 17.9 Å². The standard InChI is InChI=1S/C19H31N5O2/c1-7-9-14-21-15(13-12-23(6)10-8-11-24(13)14)17(25)22-16(18(26)20-5)19(2,3)4/h7,9,16H,8,10-12H2,1-6H3,(H,20,26)(H,22,25)/t16-/m1/s1. The summed E-state index contributed by atoms with van der Waals surface area (Å²) in [7, 11) is 3.62. The quantitative estimate of drug-likeness (QED) is 0.854. The molecular formula is C19H31N5O2. The Balaban J connectivity index is 2.40. The summed E-state index contributed by atoms with van der Waals surface area (Å²) < 4.78 is 2.12. The van der Waals surface area contributed by atoms with Crippen molar-refractivity contribution in [1.29, 1.82) is 0 Å². The Hall–Kier alpha value is -2.15. The SMILES string of the molecule is CC=Cc1nc(C(=O)N[C@H](C(=O)NC)C(C)(C)C)c2n1CCCN(C)C2. The first-order chi connectivity index (χ1) is 12.2. The summed E-state index contributed by atoms with van der Waals surface area (Å²) in [6.45, 7) is 10.2. The molecule has 2 N–H and O–H groups in total. The zero-order valence-electron chi connectivity index (χ0n) is 16.7. The van der Waals surface area contributed by atoms with Crippen LogP contribution in [0.2, 0.25) is 0 Å². The molecule has 0 saturated heterocycles. The number of carbonyl (C=O) groups is 2. The zero-order chi connectivity index (χ0) is 19.5. The number of nitrogens with one attached hydrogen (secondary N) is 2. The molecule has 2 rings (SSSR count). The molecular weight excluding hydrogens is 330 g/mol. The number of amides is 2. The number of hydrogen-bond acceptors (Lipinski definition) is 4. The van der Waals surface area contributed by atoms with Crippen LogP contribution in [0.1, 0.15) is 56.1 Å². The molecule has 144 valence electrons. The van der Waals surface area contributed by atoms with Crippen molar-refractivity contribution in [3.8, 4) is 0 Å². The zero-order valence-corrected chi connectivity index (χ0v) is 16.7. The number of allylic oxidation sites excluding steroid dienone is 1. The monoisotopic (exact) mass is 361 g/mol. The van der Waals surface area contributed by atoms with Crippen LogP contribution in [0.25, 0.3) is 6.08 Å². The number of aromatic nitrogens is 2. The molecule has 1 aromatic heterocycles. The highest BCUT2D eigenvalue weighted by Gasteiger charge is 2.34.